The van der Waals surface area contributed by atoms with Crippen molar-refractivity contribution in [1.29, 1.82) is 0 Å². The molecule has 3 aromatic rings. The second kappa shape index (κ2) is 9.92. The van der Waals surface area contributed by atoms with Gasteiger partial charge in [0.05, 0.1) is 19.8 Å². The number of hydrogen-bond acceptors (Lipinski definition) is 7. The molecule has 6 rings (SSSR count). The van der Waals surface area contributed by atoms with Crippen molar-refractivity contribution in [3.8, 4) is 11.4 Å². The summed E-state index contributed by atoms with van der Waals surface area (Å²) in [5.41, 5.74) is 5.56. The lowest BCUT2D eigenvalue weighted by Gasteiger charge is -2.34. The SMILES string of the molecule is CCn1c(CN2CCC(N(C)C)CC2)nc2c(N3CCOCC3)nc(-c3cccc4c3C=CC4)nc21. The van der Waals surface area contributed by atoms with Gasteiger partial charge in [-0.15, -0.1) is 0 Å². The summed E-state index contributed by atoms with van der Waals surface area (Å²) in [5.74, 6) is 2.83. The number of fused-ring (bicyclic) bond motifs is 2. The summed E-state index contributed by atoms with van der Waals surface area (Å²) in [6, 6.07) is 7.16. The Morgan fingerprint density at radius 1 is 1.03 bits per heavy atom. The molecule has 0 saturated carbocycles. The van der Waals surface area contributed by atoms with Crippen LogP contribution < -0.4 is 4.90 Å². The number of aromatic nitrogens is 4. The number of piperidine rings is 1. The first-order chi connectivity index (χ1) is 17.6. The lowest BCUT2D eigenvalue weighted by Crippen LogP contribution is -2.41. The first kappa shape index (κ1) is 23.6. The Labute approximate surface area is 213 Å². The minimum atomic E-state index is 0.675. The van der Waals surface area contributed by atoms with Crippen molar-refractivity contribution in [3.63, 3.8) is 0 Å². The number of allylic oxidation sites excluding steroid dienone is 1. The first-order valence-electron chi connectivity index (χ1n) is 13.4. The molecular weight excluding hydrogens is 450 g/mol. The summed E-state index contributed by atoms with van der Waals surface area (Å²) >= 11 is 0. The zero-order valence-electron chi connectivity index (χ0n) is 21.8. The largest absolute Gasteiger partial charge is 0.378 e. The molecule has 2 fully saturated rings. The maximum atomic E-state index is 5.65. The maximum Gasteiger partial charge on any atom is 0.166 e. The van der Waals surface area contributed by atoms with Crippen LogP contribution in [0.1, 0.15) is 36.7 Å². The van der Waals surface area contributed by atoms with E-state index in [0.29, 0.717) is 19.3 Å². The van der Waals surface area contributed by atoms with Crippen LogP contribution in [0.25, 0.3) is 28.6 Å². The quantitative estimate of drug-likeness (QED) is 0.528. The molecule has 2 aliphatic heterocycles. The van der Waals surface area contributed by atoms with Crippen LogP contribution in [-0.4, -0.2) is 88.8 Å². The van der Waals surface area contributed by atoms with Crippen LogP contribution >= 0.6 is 0 Å². The van der Waals surface area contributed by atoms with Crippen LogP contribution in [0.4, 0.5) is 5.82 Å². The van der Waals surface area contributed by atoms with Gasteiger partial charge in [-0.2, -0.15) is 0 Å². The molecule has 0 atom stereocenters. The van der Waals surface area contributed by atoms with Gasteiger partial charge in [-0.3, -0.25) is 4.90 Å². The van der Waals surface area contributed by atoms with Crippen LogP contribution in [0.3, 0.4) is 0 Å². The molecule has 36 heavy (non-hydrogen) atoms. The average Bonchev–Trinajstić information content (AvgIpc) is 3.53. The van der Waals surface area contributed by atoms with Gasteiger partial charge in [0.1, 0.15) is 5.82 Å². The lowest BCUT2D eigenvalue weighted by atomic mass is 10.0. The Hall–Kier alpha value is -2.81. The number of nitrogens with zero attached hydrogens (tertiary/aromatic N) is 7. The van der Waals surface area contributed by atoms with Crippen molar-refractivity contribution in [3.05, 3.63) is 41.2 Å². The van der Waals surface area contributed by atoms with E-state index in [2.05, 4.69) is 70.6 Å². The van der Waals surface area contributed by atoms with Gasteiger partial charge < -0.3 is 19.1 Å². The van der Waals surface area contributed by atoms with Crippen molar-refractivity contribution >= 4 is 23.1 Å². The number of benzene rings is 1. The summed E-state index contributed by atoms with van der Waals surface area (Å²) in [4.78, 5) is 22.8. The van der Waals surface area contributed by atoms with E-state index >= 15 is 0 Å². The highest BCUT2D eigenvalue weighted by molar-refractivity contribution is 5.88. The molecule has 8 nitrogen and oxygen atoms in total. The van der Waals surface area contributed by atoms with Gasteiger partial charge in [0, 0.05) is 44.3 Å². The van der Waals surface area contributed by atoms with Gasteiger partial charge in [0.25, 0.3) is 0 Å². The van der Waals surface area contributed by atoms with Gasteiger partial charge in [-0.25, -0.2) is 15.0 Å². The fraction of sp³-hybridized carbons (Fsp3) is 0.536. The molecule has 1 aliphatic carbocycles. The summed E-state index contributed by atoms with van der Waals surface area (Å²) in [6.07, 6.45) is 7.82. The van der Waals surface area contributed by atoms with Crippen LogP contribution in [-0.2, 0) is 24.2 Å². The minimum Gasteiger partial charge on any atom is -0.378 e. The second-order valence-corrected chi connectivity index (χ2v) is 10.4. The molecule has 0 N–H and O–H groups in total. The molecule has 0 spiro atoms. The Balaban J connectivity index is 1.42. The van der Waals surface area contributed by atoms with Gasteiger partial charge in [-0.05, 0) is 51.4 Å². The van der Waals surface area contributed by atoms with Crippen molar-refractivity contribution in [2.45, 2.75) is 45.3 Å². The van der Waals surface area contributed by atoms with Crippen molar-refractivity contribution in [1.82, 2.24) is 29.3 Å². The Morgan fingerprint density at radius 2 is 1.83 bits per heavy atom. The molecular formula is C28H37N7O. The molecule has 0 amide bonds. The first-order valence-corrected chi connectivity index (χ1v) is 13.4. The standard InChI is InChI=1S/C28H37N7O/c1-4-35-24(19-33-13-11-21(12-14-33)32(2)3)29-25-27(34-15-17-36-18-16-34)30-26(31-28(25)35)23-10-6-8-20-7-5-9-22(20)23/h5-6,8-10,21H,4,7,11-19H2,1-3H3. The molecule has 190 valence electrons. The fourth-order valence-corrected chi connectivity index (χ4v) is 5.88. The molecule has 3 aliphatic rings. The third-order valence-electron chi connectivity index (χ3n) is 7.99. The van der Waals surface area contributed by atoms with E-state index in [1.807, 2.05) is 0 Å². The van der Waals surface area contributed by atoms with Gasteiger partial charge in [0.15, 0.2) is 22.8 Å². The Kier molecular flexibility index (Phi) is 6.50. The zero-order valence-corrected chi connectivity index (χ0v) is 21.8. The molecule has 1 aromatic carbocycles. The minimum absolute atomic E-state index is 0.675. The van der Waals surface area contributed by atoms with Gasteiger partial charge >= 0.3 is 0 Å². The summed E-state index contributed by atoms with van der Waals surface area (Å²) in [5, 5.41) is 0. The molecule has 0 radical (unpaired) electrons. The zero-order chi connectivity index (χ0) is 24.6. The Bertz CT molecular complexity index is 1270. The summed E-state index contributed by atoms with van der Waals surface area (Å²) in [6.45, 7) is 9.17. The van der Waals surface area contributed by atoms with E-state index in [1.54, 1.807) is 0 Å². The monoisotopic (exact) mass is 487 g/mol. The van der Waals surface area contributed by atoms with Gasteiger partial charge in [-0.1, -0.05) is 30.4 Å². The number of rotatable bonds is 6. The smallest absolute Gasteiger partial charge is 0.166 e. The number of likely N-dealkylation sites (tertiary alicyclic amines) is 1. The van der Waals surface area contributed by atoms with E-state index in [-0.39, 0.29) is 0 Å². The summed E-state index contributed by atoms with van der Waals surface area (Å²) < 4.78 is 7.96. The molecule has 0 unspecified atom stereocenters. The number of aryl methyl sites for hydroxylation is 1. The third kappa shape index (κ3) is 4.31. The normalized spacial score (nSPS) is 19.1. The van der Waals surface area contributed by atoms with E-state index in [0.717, 1.165) is 79.9 Å². The van der Waals surface area contributed by atoms with Crippen LogP contribution in [0.15, 0.2) is 24.3 Å². The van der Waals surface area contributed by atoms with Crippen LogP contribution in [0, 0.1) is 0 Å². The second-order valence-electron chi connectivity index (χ2n) is 10.4. The van der Waals surface area contributed by atoms with Crippen molar-refractivity contribution < 1.29 is 4.74 Å². The molecule has 0 bridgehead atoms. The van der Waals surface area contributed by atoms with Crippen LogP contribution in [0.2, 0.25) is 0 Å². The predicted molar refractivity (Wildman–Crippen MR) is 144 cm³/mol. The van der Waals surface area contributed by atoms with Gasteiger partial charge in [0.2, 0.25) is 0 Å². The third-order valence-corrected chi connectivity index (χ3v) is 7.99. The van der Waals surface area contributed by atoms with Crippen molar-refractivity contribution in [2.75, 3.05) is 58.4 Å². The van der Waals surface area contributed by atoms with E-state index in [4.69, 9.17) is 19.7 Å². The molecule has 2 aromatic heterocycles. The number of hydrogen-bond donors (Lipinski definition) is 0. The molecule has 8 heteroatoms. The predicted octanol–water partition coefficient (Wildman–Crippen LogP) is 3.45. The number of imidazole rings is 1. The number of anilines is 1. The van der Waals surface area contributed by atoms with E-state index in [1.165, 1.54) is 24.0 Å². The van der Waals surface area contributed by atoms with E-state index < -0.39 is 0 Å². The molecule has 2 saturated heterocycles. The maximum absolute atomic E-state index is 5.65. The highest BCUT2D eigenvalue weighted by Crippen LogP contribution is 2.33. The highest BCUT2D eigenvalue weighted by atomic mass is 16.5. The topological polar surface area (TPSA) is 62.5 Å². The fourth-order valence-electron chi connectivity index (χ4n) is 5.88. The lowest BCUT2D eigenvalue weighted by molar-refractivity contribution is 0.122. The molecule has 4 heterocycles. The van der Waals surface area contributed by atoms with Crippen LogP contribution in [0.5, 0.6) is 0 Å². The summed E-state index contributed by atoms with van der Waals surface area (Å²) in [7, 11) is 4.39. The highest BCUT2D eigenvalue weighted by Gasteiger charge is 2.26. The van der Waals surface area contributed by atoms with Crippen molar-refractivity contribution in [2.24, 2.45) is 0 Å². The Morgan fingerprint density at radius 3 is 2.58 bits per heavy atom. The number of ether oxygens (including phenoxy) is 1. The van der Waals surface area contributed by atoms with E-state index in [9.17, 15) is 0 Å². The number of morpholine rings is 1. The average molecular weight is 488 g/mol.